The zero-order valence-electron chi connectivity index (χ0n) is 7.22. The molecule has 0 aromatic heterocycles. The maximum absolute atomic E-state index is 13.2. The topological polar surface area (TPSA) is 32.3 Å². The van der Waals surface area contributed by atoms with Crippen LogP contribution in [0.3, 0.4) is 0 Å². The summed E-state index contributed by atoms with van der Waals surface area (Å²) in [5.74, 6) is -0.392. The lowest BCUT2D eigenvalue weighted by Crippen LogP contribution is -2.17. The van der Waals surface area contributed by atoms with E-state index in [4.69, 9.17) is 0 Å². The molecule has 1 aromatic carbocycles. The largest absolute Gasteiger partial charge is 0.387 e. The molecule has 0 aliphatic carbocycles. The predicted molar refractivity (Wildman–Crippen MR) is 53.0 cm³/mol. The number of benzene rings is 1. The minimum atomic E-state index is -0.793. The van der Waals surface area contributed by atoms with Crippen molar-refractivity contribution >= 4 is 15.9 Å². The van der Waals surface area contributed by atoms with Gasteiger partial charge in [-0.2, -0.15) is 0 Å². The molecule has 0 amide bonds. The maximum Gasteiger partial charge on any atom is 0.130 e. The van der Waals surface area contributed by atoms with Gasteiger partial charge in [0.25, 0.3) is 0 Å². The van der Waals surface area contributed by atoms with Gasteiger partial charge in [0, 0.05) is 16.6 Å². The SMILES string of the molecule is CNCC(O)c1ccc(Br)cc1F. The quantitative estimate of drug-likeness (QED) is 0.855. The number of halogens is 2. The van der Waals surface area contributed by atoms with Crippen LogP contribution in [0.4, 0.5) is 4.39 Å². The summed E-state index contributed by atoms with van der Waals surface area (Å²) < 4.78 is 13.9. The highest BCUT2D eigenvalue weighted by Gasteiger charge is 2.11. The molecule has 0 saturated carbocycles. The van der Waals surface area contributed by atoms with Gasteiger partial charge in [0.15, 0.2) is 0 Å². The van der Waals surface area contributed by atoms with Crippen LogP contribution >= 0.6 is 15.9 Å². The summed E-state index contributed by atoms with van der Waals surface area (Å²) in [6.45, 7) is 0.346. The average molecular weight is 248 g/mol. The second-order valence-electron chi connectivity index (χ2n) is 2.74. The van der Waals surface area contributed by atoms with Crippen LogP contribution in [-0.2, 0) is 0 Å². The first-order valence-electron chi connectivity index (χ1n) is 3.92. The van der Waals surface area contributed by atoms with Crippen molar-refractivity contribution in [3.8, 4) is 0 Å². The molecule has 0 heterocycles. The first kappa shape index (κ1) is 10.6. The third-order valence-electron chi connectivity index (χ3n) is 1.72. The normalized spacial score (nSPS) is 12.9. The number of hydrogen-bond acceptors (Lipinski definition) is 2. The van der Waals surface area contributed by atoms with Crippen molar-refractivity contribution in [3.05, 3.63) is 34.1 Å². The van der Waals surface area contributed by atoms with Gasteiger partial charge >= 0.3 is 0 Å². The van der Waals surface area contributed by atoms with Crippen LogP contribution in [0, 0.1) is 5.82 Å². The molecular weight excluding hydrogens is 237 g/mol. The Morgan fingerprint density at radius 1 is 1.62 bits per heavy atom. The Labute approximate surface area is 84.9 Å². The fourth-order valence-electron chi connectivity index (χ4n) is 1.08. The van der Waals surface area contributed by atoms with Crippen molar-refractivity contribution in [1.29, 1.82) is 0 Å². The minimum Gasteiger partial charge on any atom is -0.387 e. The van der Waals surface area contributed by atoms with Gasteiger partial charge in [-0.3, -0.25) is 0 Å². The van der Waals surface area contributed by atoms with Crippen molar-refractivity contribution in [2.24, 2.45) is 0 Å². The summed E-state index contributed by atoms with van der Waals surface area (Å²) in [6, 6.07) is 4.62. The molecule has 13 heavy (non-hydrogen) atoms. The van der Waals surface area contributed by atoms with E-state index >= 15 is 0 Å². The summed E-state index contributed by atoms with van der Waals surface area (Å²) in [5, 5.41) is 12.3. The lowest BCUT2D eigenvalue weighted by molar-refractivity contribution is 0.173. The number of hydrogen-bond donors (Lipinski definition) is 2. The molecule has 0 spiro atoms. The lowest BCUT2D eigenvalue weighted by atomic mass is 10.1. The van der Waals surface area contributed by atoms with Crippen LogP contribution in [-0.4, -0.2) is 18.7 Å². The van der Waals surface area contributed by atoms with E-state index in [2.05, 4.69) is 21.2 Å². The molecule has 1 unspecified atom stereocenters. The minimum absolute atomic E-state index is 0.317. The van der Waals surface area contributed by atoms with E-state index in [1.54, 1.807) is 19.2 Å². The van der Waals surface area contributed by atoms with Crippen molar-refractivity contribution in [1.82, 2.24) is 5.32 Å². The molecule has 0 fully saturated rings. The van der Waals surface area contributed by atoms with E-state index in [-0.39, 0.29) is 0 Å². The van der Waals surface area contributed by atoms with E-state index in [9.17, 15) is 9.50 Å². The summed E-state index contributed by atoms with van der Waals surface area (Å²) >= 11 is 3.15. The van der Waals surface area contributed by atoms with E-state index < -0.39 is 11.9 Å². The second-order valence-corrected chi connectivity index (χ2v) is 3.65. The van der Waals surface area contributed by atoms with Gasteiger partial charge in [0.2, 0.25) is 0 Å². The third kappa shape index (κ3) is 2.76. The smallest absolute Gasteiger partial charge is 0.130 e. The number of aliphatic hydroxyl groups excluding tert-OH is 1. The molecule has 72 valence electrons. The van der Waals surface area contributed by atoms with E-state index in [1.807, 2.05) is 0 Å². The van der Waals surface area contributed by atoms with Crippen molar-refractivity contribution in [3.63, 3.8) is 0 Å². The van der Waals surface area contributed by atoms with E-state index in [1.165, 1.54) is 6.07 Å². The Bertz CT molecular complexity index is 293. The van der Waals surface area contributed by atoms with Crippen LogP contribution in [0.15, 0.2) is 22.7 Å². The number of likely N-dealkylation sites (N-methyl/N-ethyl adjacent to an activating group) is 1. The lowest BCUT2D eigenvalue weighted by Gasteiger charge is -2.10. The summed E-state index contributed by atoms with van der Waals surface area (Å²) in [7, 11) is 1.71. The van der Waals surface area contributed by atoms with Crippen LogP contribution in [0.5, 0.6) is 0 Å². The molecule has 2 nitrogen and oxygen atoms in total. The zero-order valence-corrected chi connectivity index (χ0v) is 8.81. The molecule has 0 bridgehead atoms. The van der Waals surface area contributed by atoms with Crippen LogP contribution in [0.25, 0.3) is 0 Å². The van der Waals surface area contributed by atoms with Crippen LogP contribution < -0.4 is 5.32 Å². The molecule has 4 heteroatoms. The Hall–Kier alpha value is -0.450. The third-order valence-corrected chi connectivity index (χ3v) is 2.21. The van der Waals surface area contributed by atoms with E-state index in [0.29, 0.717) is 16.6 Å². The van der Waals surface area contributed by atoms with Gasteiger partial charge in [-0.15, -0.1) is 0 Å². The van der Waals surface area contributed by atoms with Gasteiger partial charge in [0.1, 0.15) is 5.82 Å². The van der Waals surface area contributed by atoms with Gasteiger partial charge in [0.05, 0.1) is 6.10 Å². The van der Waals surface area contributed by atoms with E-state index in [0.717, 1.165) is 0 Å². The number of rotatable bonds is 3. The van der Waals surface area contributed by atoms with Gasteiger partial charge in [-0.1, -0.05) is 22.0 Å². The summed E-state index contributed by atoms with van der Waals surface area (Å²) in [4.78, 5) is 0. The monoisotopic (exact) mass is 247 g/mol. The fraction of sp³-hybridized carbons (Fsp3) is 0.333. The molecule has 0 aliphatic heterocycles. The standard InChI is InChI=1S/C9H11BrFNO/c1-12-5-9(13)7-3-2-6(10)4-8(7)11/h2-4,9,12-13H,5H2,1H3. The average Bonchev–Trinajstić information content (AvgIpc) is 2.04. The zero-order chi connectivity index (χ0) is 9.84. The Balaban J connectivity index is 2.88. The fourth-order valence-corrected chi connectivity index (χ4v) is 1.41. The highest BCUT2D eigenvalue weighted by Crippen LogP contribution is 2.20. The summed E-state index contributed by atoms with van der Waals surface area (Å²) in [6.07, 6.45) is -0.793. The summed E-state index contributed by atoms with van der Waals surface area (Å²) in [5.41, 5.74) is 0.317. The molecule has 1 rings (SSSR count). The first-order chi connectivity index (χ1) is 6.15. The number of nitrogens with one attached hydrogen (secondary N) is 1. The highest BCUT2D eigenvalue weighted by atomic mass is 79.9. The second kappa shape index (κ2) is 4.69. The Morgan fingerprint density at radius 2 is 2.31 bits per heavy atom. The Kier molecular flexibility index (Phi) is 3.84. The molecule has 1 atom stereocenters. The first-order valence-corrected chi connectivity index (χ1v) is 4.72. The molecule has 0 radical (unpaired) electrons. The number of aliphatic hydroxyl groups is 1. The van der Waals surface area contributed by atoms with Gasteiger partial charge in [-0.05, 0) is 19.2 Å². The predicted octanol–water partition coefficient (Wildman–Crippen LogP) is 1.84. The van der Waals surface area contributed by atoms with Gasteiger partial charge in [-0.25, -0.2) is 4.39 Å². The van der Waals surface area contributed by atoms with Crippen LogP contribution in [0.2, 0.25) is 0 Å². The van der Waals surface area contributed by atoms with Gasteiger partial charge < -0.3 is 10.4 Å². The molecule has 2 N–H and O–H groups in total. The highest BCUT2D eigenvalue weighted by molar-refractivity contribution is 9.10. The molecule has 0 saturated heterocycles. The molecular formula is C9H11BrFNO. The molecule has 1 aromatic rings. The van der Waals surface area contributed by atoms with Crippen molar-refractivity contribution in [2.75, 3.05) is 13.6 Å². The maximum atomic E-state index is 13.2. The Morgan fingerprint density at radius 3 is 2.85 bits per heavy atom. The van der Waals surface area contributed by atoms with Crippen LogP contribution in [0.1, 0.15) is 11.7 Å². The molecule has 0 aliphatic rings. The van der Waals surface area contributed by atoms with Crippen molar-refractivity contribution < 1.29 is 9.50 Å². The van der Waals surface area contributed by atoms with Crippen molar-refractivity contribution in [2.45, 2.75) is 6.10 Å².